The number of aliphatic hydroxyl groups is 1. The van der Waals surface area contributed by atoms with Gasteiger partial charge in [0.15, 0.2) is 0 Å². The SMILES string of the molecule is OCc1cc(CNCc2csc(Br)c2)ccc1F. The summed E-state index contributed by atoms with van der Waals surface area (Å²) in [6, 6.07) is 6.88. The van der Waals surface area contributed by atoms with E-state index in [1.54, 1.807) is 23.5 Å². The van der Waals surface area contributed by atoms with E-state index in [4.69, 9.17) is 5.11 Å². The Bertz CT molecular complexity index is 529. The molecule has 96 valence electrons. The Morgan fingerprint density at radius 1 is 1.22 bits per heavy atom. The second kappa shape index (κ2) is 6.43. The molecule has 1 aromatic heterocycles. The van der Waals surface area contributed by atoms with Crippen molar-refractivity contribution in [3.8, 4) is 0 Å². The molecule has 5 heteroatoms. The number of rotatable bonds is 5. The maximum atomic E-state index is 13.2. The lowest BCUT2D eigenvalue weighted by molar-refractivity contribution is 0.275. The fourth-order valence-corrected chi connectivity index (χ4v) is 2.86. The molecule has 1 heterocycles. The van der Waals surface area contributed by atoms with E-state index >= 15 is 0 Å². The third-order valence-electron chi connectivity index (χ3n) is 2.56. The summed E-state index contributed by atoms with van der Waals surface area (Å²) in [6.07, 6.45) is 0. The topological polar surface area (TPSA) is 32.3 Å². The summed E-state index contributed by atoms with van der Waals surface area (Å²) in [5, 5.41) is 14.4. The van der Waals surface area contributed by atoms with Gasteiger partial charge >= 0.3 is 0 Å². The smallest absolute Gasteiger partial charge is 0.128 e. The van der Waals surface area contributed by atoms with Crippen LogP contribution in [0, 0.1) is 5.82 Å². The van der Waals surface area contributed by atoms with E-state index in [1.807, 2.05) is 0 Å². The molecule has 2 nitrogen and oxygen atoms in total. The van der Waals surface area contributed by atoms with Crippen molar-refractivity contribution in [3.63, 3.8) is 0 Å². The summed E-state index contributed by atoms with van der Waals surface area (Å²) in [6.45, 7) is 1.16. The van der Waals surface area contributed by atoms with Crippen molar-refractivity contribution in [2.24, 2.45) is 0 Å². The van der Waals surface area contributed by atoms with Gasteiger partial charge in [0, 0.05) is 18.7 Å². The Balaban J connectivity index is 1.90. The number of benzene rings is 1. The van der Waals surface area contributed by atoms with E-state index in [2.05, 4.69) is 32.7 Å². The van der Waals surface area contributed by atoms with Crippen LogP contribution in [0.5, 0.6) is 0 Å². The van der Waals surface area contributed by atoms with Gasteiger partial charge in [-0.1, -0.05) is 6.07 Å². The van der Waals surface area contributed by atoms with Crippen molar-refractivity contribution < 1.29 is 9.50 Å². The van der Waals surface area contributed by atoms with Crippen LogP contribution in [0.2, 0.25) is 0 Å². The zero-order valence-electron chi connectivity index (χ0n) is 9.62. The highest BCUT2D eigenvalue weighted by molar-refractivity contribution is 9.11. The Hall–Kier alpha value is -0.750. The van der Waals surface area contributed by atoms with Crippen LogP contribution in [0.4, 0.5) is 4.39 Å². The lowest BCUT2D eigenvalue weighted by Crippen LogP contribution is -2.12. The Morgan fingerprint density at radius 3 is 2.67 bits per heavy atom. The average Bonchev–Trinajstić information content (AvgIpc) is 2.77. The first-order chi connectivity index (χ1) is 8.69. The molecule has 0 saturated heterocycles. The van der Waals surface area contributed by atoms with Crippen LogP contribution in [0.1, 0.15) is 16.7 Å². The highest BCUT2D eigenvalue weighted by Crippen LogP contribution is 2.20. The van der Waals surface area contributed by atoms with Crippen molar-refractivity contribution >= 4 is 27.3 Å². The fraction of sp³-hybridized carbons (Fsp3) is 0.231. The Labute approximate surface area is 118 Å². The quantitative estimate of drug-likeness (QED) is 0.880. The monoisotopic (exact) mass is 329 g/mol. The summed E-state index contributed by atoms with van der Waals surface area (Å²) < 4.78 is 14.3. The molecule has 0 spiro atoms. The molecular formula is C13H13BrFNOS. The van der Waals surface area contributed by atoms with Crippen LogP contribution in [-0.2, 0) is 19.7 Å². The van der Waals surface area contributed by atoms with Gasteiger partial charge in [-0.25, -0.2) is 4.39 Å². The first-order valence-electron chi connectivity index (χ1n) is 5.51. The molecule has 0 fully saturated rings. The van der Waals surface area contributed by atoms with Crippen molar-refractivity contribution in [2.45, 2.75) is 19.7 Å². The van der Waals surface area contributed by atoms with Crippen LogP contribution >= 0.6 is 27.3 Å². The molecule has 0 aliphatic carbocycles. The zero-order chi connectivity index (χ0) is 13.0. The van der Waals surface area contributed by atoms with Gasteiger partial charge in [0.1, 0.15) is 5.82 Å². The van der Waals surface area contributed by atoms with Gasteiger partial charge in [-0.05, 0) is 50.6 Å². The molecule has 2 N–H and O–H groups in total. The first-order valence-corrected chi connectivity index (χ1v) is 7.18. The van der Waals surface area contributed by atoms with Gasteiger partial charge in [0.25, 0.3) is 0 Å². The predicted molar refractivity (Wildman–Crippen MR) is 74.9 cm³/mol. The number of hydrogen-bond acceptors (Lipinski definition) is 3. The van der Waals surface area contributed by atoms with Gasteiger partial charge in [-0.15, -0.1) is 11.3 Å². The molecule has 0 atom stereocenters. The number of nitrogens with one attached hydrogen (secondary N) is 1. The predicted octanol–water partition coefficient (Wildman–Crippen LogP) is 3.43. The molecule has 0 aliphatic heterocycles. The van der Waals surface area contributed by atoms with Crippen molar-refractivity contribution in [3.05, 3.63) is 55.9 Å². The van der Waals surface area contributed by atoms with Crippen LogP contribution in [-0.4, -0.2) is 5.11 Å². The molecule has 0 aliphatic rings. The maximum Gasteiger partial charge on any atom is 0.128 e. The Kier molecular flexibility index (Phi) is 4.88. The molecule has 0 amide bonds. The van der Waals surface area contributed by atoms with E-state index in [0.717, 1.165) is 15.9 Å². The largest absolute Gasteiger partial charge is 0.392 e. The van der Waals surface area contributed by atoms with Crippen LogP contribution in [0.3, 0.4) is 0 Å². The normalized spacial score (nSPS) is 10.8. The molecule has 0 unspecified atom stereocenters. The second-order valence-electron chi connectivity index (χ2n) is 3.95. The lowest BCUT2D eigenvalue weighted by atomic mass is 10.1. The molecule has 18 heavy (non-hydrogen) atoms. The van der Waals surface area contributed by atoms with Gasteiger partial charge in [-0.3, -0.25) is 0 Å². The minimum atomic E-state index is -0.358. The molecule has 2 rings (SSSR count). The molecule has 0 radical (unpaired) electrons. The molecule has 2 aromatic rings. The Morgan fingerprint density at radius 2 is 2.00 bits per heavy atom. The number of aliphatic hydroxyl groups excluding tert-OH is 1. The summed E-state index contributed by atoms with van der Waals surface area (Å²) in [4.78, 5) is 0. The van der Waals surface area contributed by atoms with E-state index < -0.39 is 0 Å². The molecule has 0 saturated carbocycles. The van der Waals surface area contributed by atoms with Gasteiger partial charge < -0.3 is 10.4 Å². The summed E-state index contributed by atoms with van der Waals surface area (Å²) in [7, 11) is 0. The third kappa shape index (κ3) is 3.62. The standard InChI is InChI=1S/C13H13BrFNOS/c14-13-4-10(8-18-13)6-16-5-9-1-2-12(15)11(3-9)7-17/h1-4,8,16-17H,5-7H2. The van der Waals surface area contributed by atoms with Crippen molar-refractivity contribution in [1.82, 2.24) is 5.32 Å². The fourth-order valence-electron chi connectivity index (χ4n) is 1.65. The second-order valence-corrected chi connectivity index (χ2v) is 6.24. The molecular weight excluding hydrogens is 317 g/mol. The average molecular weight is 330 g/mol. The zero-order valence-corrected chi connectivity index (χ0v) is 12.0. The van der Waals surface area contributed by atoms with Crippen LogP contribution in [0.15, 0.2) is 33.4 Å². The van der Waals surface area contributed by atoms with Gasteiger partial charge in [0.2, 0.25) is 0 Å². The van der Waals surface area contributed by atoms with Crippen LogP contribution in [0.25, 0.3) is 0 Å². The summed E-state index contributed by atoms with van der Waals surface area (Å²) in [5.41, 5.74) is 2.53. The first kappa shape index (κ1) is 13.7. The van der Waals surface area contributed by atoms with Crippen LogP contribution < -0.4 is 5.32 Å². The third-order valence-corrected chi connectivity index (χ3v) is 4.11. The number of halogens is 2. The number of thiophene rings is 1. The summed E-state index contributed by atoms with van der Waals surface area (Å²) >= 11 is 5.07. The van der Waals surface area contributed by atoms with E-state index in [-0.39, 0.29) is 12.4 Å². The van der Waals surface area contributed by atoms with E-state index in [1.165, 1.54) is 11.6 Å². The van der Waals surface area contributed by atoms with E-state index in [0.29, 0.717) is 12.1 Å². The minimum absolute atomic E-state index is 0.267. The molecule has 0 bridgehead atoms. The maximum absolute atomic E-state index is 13.2. The van der Waals surface area contributed by atoms with Crippen molar-refractivity contribution in [1.29, 1.82) is 0 Å². The minimum Gasteiger partial charge on any atom is -0.392 e. The lowest BCUT2D eigenvalue weighted by Gasteiger charge is -2.06. The highest BCUT2D eigenvalue weighted by Gasteiger charge is 2.02. The van der Waals surface area contributed by atoms with Gasteiger partial charge in [0.05, 0.1) is 10.4 Å². The van der Waals surface area contributed by atoms with E-state index in [9.17, 15) is 4.39 Å². The van der Waals surface area contributed by atoms with Crippen molar-refractivity contribution in [2.75, 3.05) is 0 Å². The molecule has 1 aromatic carbocycles. The number of hydrogen-bond donors (Lipinski definition) is 2. The van der Waals surface area contributed by atoms with Gasteiger partial charge in [-0.2, -0.15) is 0 Å². The summed E-state index contributed by atoms with van der Waals surface area (Å²) in [5.74, 6) is -0.358. The highest BCUT2D eigenvalue weighted by atomic mass is 79.9.